The van der Waals surface area contributed by atoms with Crippen molar-refractivity contribution < 1.29 is 19.2 Å². The maximum Gasteiger partial charge on any atom is 0.249 e. The van der Waals surface area contributed by atoms with Gasteiger partial charge in [-0.3, -0.25) is 34.0 Å². The van der Waals surface area contributed by atoms with Gasteiger partial charge in [0.15, 0.2) is 0 Å². The van der Waals surface area contributed by atoms with Crippen molar-refractivity contribution in [1.29, 1.82) is 0 Å². The van der Waals surface area contributed by atoms with Crippen LogP contribution in [-0.2, 0) is 19.2 Å². The zero-order valence-electron chi connectivity index (χ0n) is 13.7. The van der Waals surface area contributed by atoms with Crippen molar-refractivity contribution in [2.75, 3.05) is 19.1 Å². The monoisotopic (exact) mass is 340 g/mol. The largest absolute Gasteiger partial charge is 0.299 e. The first-order valence-electron chi connectivity index (χ1n) is 8.20. The molecule has 2 bridgehead atoms. The van der Waals surface area contributed by atoms with Gasteiger partial charge in [0.2, 0.25) is 23.6 Å². The summed E-state index contributed by atoms with van der Waals surface area (Å²) in [5, 5.41) is 3.51. The zero-order valence-corrected chi connectivity index (χ0v) is 13.7. The normalized spacial score (nSPS) is 38.9. The summed E-state index contributed by atoms with van der Waals surface area (Å²) >= 11 is 0. The molecule has 8 nitrogen and oxygen atoms in total. The van der Waals surface area contributed by atoms with Crippen molar-refractivity contribution >= 4 is 29.3 Å². The van der Waals surface area contributed by atoms with E-state index in [-0.39, 0.29) is 23.6 Å². The second kappa shape index (κ2) is 4.45. The Hall–Kier alpha value is -2.74. The molecule has 4 saturated heterocycles. The van der Waals surface area contributed by atoms with Gasteiger partial charge in [0.1, 0.15) is 12.1 Å². The van der Waals surface area contributed by atoms with Crippen LogP contribution in [0.3, 0.4) is 0 Å². The molecule has 0 N–H and O–H groups in total. The molecule has 0 aromatic heterocycles. The van der Waals surface area contributed by atoms with Gasteiger partial charge in [0.25, 0.3) is 0 Å². The van der Waals surface area contributed by atoms with Gasteiger partial charge in [-0.15, -0.1) is 0 Å². The van der Waals surface area contributed by atoms with Crippen LogP contribution >= 0.6 is 0 Å². The van der Waals surface area contributed by atoms with Crippen molar-refractivity contribution in [3.63, 3.8) is 0 Å². The summed E-state index contributed by atoms with van der Waals surface area (Å²) in [4.78, 5) is 52.9. The number of anilines is 1. The first kappa shape index (κ1) is 14.6. The molecule has 1 aromatic carbocycles. The summed E-state index contributed by atoms with van der Waals surface area (Å²) in [6.45, 7) is 0. The predicted octanol–water partition coefficient (Wildman–Crippen LogP) is -0.927. The van der Waals surface area contributed by atoms with E-state index in [1.807, 2.05) is 35.3 Å². The summed E-state index contributed by atoms with van der Waals surface area (Å²) < 4.78 is 0. The molecular weight excluding hydrogens is 324 g/mol. The maximum absolute atomic E-state index is 12.7. The van der Waals surface area contributed by atoms with E-state index in [0.29, 0.717) is 0 Å². The van der Waals surface area contributed by atoms with Crippen LogP contribution in [0.15, 0.2) is 30.3 Å². The highest BCUT2D eigenvalue weighted by atomic mass is 16.2. The summed E-state index contributed by atoms with van der Waals surface area (Å²) in [6.07, 6.45) is 0. The predicted molar refractivity (Wildman–Crippen MR) is 84.7 cm³/mol. The van der Waals surface area contributed by atoms with Crippen LogP contribution in [-0.4, -0.2) is 70.7 Å². The first-order valence-corrected chi connectivity index (χ1v) is 8.20. The van der Waals surface area contributed by atoms with Crippen molar-refractivity contribution in [3.05, 3.63) is 30.3 Å². The summed E-state index contributed by atoms with van der Waals surface area (Å²) in [6, 6.07) is 7.35. The fraction of sp³-hybridized carbons (Fsp3) is 0.412. The quantitative estimate of drug-likeness (QED) is 0.615. The van der Waals surface area contributed by atoms with E-state index in [1.54, 1.807) is 5.01 Å². The Balaban J connectivity index is 1.70. The third kappa shape index (κ3) is 1.47. The standard InChI is InChI=1S/C17H16N4O4/c1-18-14(22)9-11-10-13(17(25)19(2)15(10)23)21(12(9)16(18)24)20(11)8-6-4-3-5-7-8/h3-7,9-13H,1-2H3/t9-,10-,12+,13+/m1/s1. The van der Waals surface area contributed by atoms with Crippen LogP contribution in [0.25, 0.3) is 0 Å². The van der Waals surface area contributed by atoms with Crippen molar-refractivity contribution in [1.82, 2.24) is 14.8 Å². The molecule has 128 valence electrons. The Kier molecular flexibility index (Phi) is 2.60. The molecule has 5 rings (SSSR count). The van der Waals surface area contributed by atoms with Crippen LogP contribution in [0.4, 0.5) is 5.69 Å². The minimum atomic E-state index is -0.716. The van der Waals surface area contributed by atoms with Crippen LogP contribution in [0.1, 0.15) is 0 Å². The molecule has 4 aliphatic heterocycles. The minimum absolute atomic E-state index is 0.281. The molecule has 0 saturated carbocycles. The molecule has 0 aliphatic carbocycles. The fourth-order valence-electron chi connectivity index (χ4n) is 4.87. The molecule has 4 amide bonds. The van der Waals surface area contributed by atoms with E-state index in [2.05, 4.69) is 0 Å². The number of likely N-dealkylation sites (tertiary alicyclic amines) is 2. The van der Waals surface area contributed by atoms with E-state index in [9.17, 15) is 19.2 Å². The number of nitrogens with zero attached hydrogens (tertiary/aromatic N) is 4. The van der Waals surface area contributed by atoms with Gasteiger partial charge in [0, 0.05) is 14.1 Å². The molecule has 1 aromatic rings. The number of hydrazine groups is 1. The van der Waals surface area contributed by atoms with Crippen molar-refractivity contribution in [2.45, 2.75) is 18.1 Å². The second-order valence-electron chi connectivity index (χ2n) is 6.96. The molecule has 8 heteroatoms. The summed E-state index contributed by atoms with van der Waals surface area (Å²) in [7, 11) is 2.92. The Morgan fingerprint density at radius 2 is 1.20 bits per heavy atom. The van der Waals surface area contributed by atoms with Gasteiger partial charge >= 0.3 is 0 Å². The van der Waals surface area contributed by atoms with E-state index >= 15 is 0 Å². The second-order valence-corrected chi connectivity index (χ2v) is 6.96. The van der Waals surface area contributed by atoms with Crippen molar-refractivity contribution in [3.8, 4) is 0 Å². The number of para-hydroxylation sites is 1. The molecule has 0 unspecified atom stereocenters. The van der Waals surface area contributed by atoms with Gasteiger partial charge < -0.3 is 0 Å². The highest BCUT2D eigenvalue weighted by molar-refractivity contribution is 6.13. The highest BCUT2D eigenvalue weighted by Gasteiger charge is 2.75. The zero-order chi connectivity index (χ0) is 17.6. The third-order valence-corrected chi connectivity index (χ3v) is 5.94. The first-order chi connectivity index (χ1) is 11.9. The molecule has 25 heavy (non-hydrogen) atoms. The molecule has 4 heterocycles. The number of likely N-dealkylation sites (N-methyl/N-ethyl adjacent to an activating group) is 2. The lowest BCUT2D eigenvalue weighted by molar-refractivity contribution is -0.139. The summed E-state index contributed by atoms with van der Waals surface area (Å²) in [5.41, 5.74) is 0.780. The number of piperidine rings is 1. The molecule has 0 spiro atoms. The third-order valence-electron chi connectivity index (χ3n) is 5.94. The number of amides is 4. The van der Waals surface area contributed by atoms with Crippen LogP contribution in [0, 0.1) is 11.8 Å². The minimum Gasteiger partial charge on any atom is -0.299 e. The van der Waals surface area contributed by atoms with Gasteiger partial charge in [-0.2, -0.15) is 5.01 Å². The topological polar surface area (TPSA) is 81.2 Å². The Bertz CT molecular complexity index is 746. The van der Waals surface area contributed by atoms with E-state index in [0.717, 1.165) is 15.5 Å². The Morgan fingerprint density at radius 1 is 0.720 bits per heavy atom. The molecule has 0 radical (unpaired) electrons. The van der Waals surface area contributed by atoms with Gasteiger partial charge in [-0.1, -0.05) is 18.2 Å². The molecule has 4 atom stereocenters. The number of benzene rings is 1. The lowest BCUT2D eigenvalue weighted by Crippen LogP contribution is -2.53. The SMILES string of the molecule is CN1C(=O)[C@@H]2C3[C@H]4C(=O)N(C)C(=O)[C@H]4N([C@@H]2C1=O)N3c1ccccc1. The number of carbonyl (C=O) groups excluding carboxylic acids is 4. The molecular formula is C17H16N4O4. The average Bonchev–Trinajstić information content (AvgIpc) is 3.27. The summed E-state index contributed by atoms with van der Waals surface area (Å²) in [5.74, 6) is -2.43. The number of fused-ring (bicyclic) bond motifs is 8. The number of hydrogen-bond acceptors (Lipinski definition) is 6. The van der Waals surface area contributed by atoms with E-state index < -0.39 is 30.0 Å². The number of hydrogen-bond donors (Lipinski definition) is 0. The smallest absolute Gasteiger partial charge is 0.249 e. The van der Waals surface area contributed by atoms with Gasteiger partial charge in [0.05, 0.1) is 23.6 Å². The molecule has 4 aliphatic rings. The maximum atomic E-state index is 12.7. The lowest BCUT2D eigenvalue weighted by Gasteiger charge is -2.32. The van der Waals surface area contributed by atoms with Gasteiger partial charge in [-0.25, -0.2) is 0 Å². The van der Waals surface area contributed by atoms with E-state index in [4.69, 9.17) is 0 Å². The fourth-order valence-corrected chi connectivity index (χ4v) is 4.87. The van der Waals surface area contributed by atoms with Crippen LogP contribution < -0.4 is 5.01 Å². The van der Waals surface area contributed by atoms with E-state index in [1.165, 1.54) is 14.1 Å². The number of carbonyl (C=O) groups is 4. The Morgan fingerprint density at radius 3 is 1.68 bits per heavy atom. The van der Waals surface area contributed by atoms with Crippen LogP contribution in [0.2, 0.25) is 0 Å². The Labute approximate surface area is 143 Å². The van der Waals surface area contributed by atoms with Crippen LogP contribution in [0.5, 0.6) is 0 Å². The lowest BCUT2D eigenvalue weighted by atomic mass is 9.80. The average molecular weight is 340 g/mol. The molecule has 4 fully saturated rings. The number of imide groups is 2. The highest BCUT2D eigenvalue weighted by Crippen LogP contribution is 2.53. The van der Waals surface area contributed by atoms with Gasteiger partial charge in [-0.05, 0) is 12.1 Å². The number of rotatable bonds is 1. The van der Waals surface area contributed by atoms with Crippen molar-refractivity contribution in [2.24, 2.45) is 11.8 Å².